The molecule has 0 aliphatic carbocycles. The molecule has 2 aliphatic rings. The van der Waals surface area contributed by atoms with E-state index < -0.39 is 0 Å². The van der Waals surface area contributed by atoms with Crippen molar-refractivity contribution in [1.29, 1.82) is 0 Å². The van der Waals surface area contributed by atoms with Crippen LogP contribution in [0.25, 0.3) is 0 Å². The number of allylic oxidation sites excluding steroid dienone is 2. The number of carbonyl (C=O) groups is 1. The molecule has 0 amide bonds. The third-order valence-corrected chi connectivity index (χ3v) is 7.31. The quantitative estimate of drug-likeness (QED) is 0.502. The predicted molar refractivity (Wildman–Crippen MR) is 125 cm³/mol. The van der Waals surface area contributed by atoms with Crippen molar-refractivity contribution in [1.82, 2.24) is 14.8 Å². The molecule has 1 aromatic heterocycles. The van der Waals surface area contributed by atoms with Gasteiger partial charge in [-0.15, -0.1) is 10.2 Å². The molecule has 0 radical (unpaired) electrons. The first kappa shape index (κ1) is 21.9. The lowest BCUT2D eigenvalue weighted by Crippen LogP contribution is -2.38. The molecule has 8 heteroatoms. The number of ether oxygens (including phenoxy) is 1. The zero-order valence-electron chi connectivity index (χ0n) is 19.0. The van der Waals surface area contributed by atoms with Crippen molar-refractivity contribution >= 4 is 29.2 Å². The Kier molecular flexibility index (Phi) is 6.12. The Bertz CT molecular complexity index is 994. The van der Waals surface area contributed by atoms with Crippen LogP contribution in [-0.2, 0) is 21.5 Å². The van der Waals surface area contributed by atoms with Crippen LogP contribution in [0.15, 0.2) is 41.2 Å². The van der Waals surface area contributed by atoms with Crippen LogP contribution in [0, 0.1) is 0 Å². The maximum Gasteiger partial charge on any atom is 0.228 e. The molecular weight excluding hydrogens is 410 g/mol. The zero-order valence-corrected chi connectivity index (χ0v) is 19.8. The van der Waals surface area contributed by atoms with Gasteiger partial charge in [0.25, 0.3) is 0 Å². The summed E-state index contributed by atoms with van der Waals surface area (Å²) in [6.07, 6.45) is 1.81. The van der Waals surface area contributed by atoms with Crippen LogP contribution in [0.3, 0.4) is 0 Å². The van der Waals surface area contributed by atoms with Crippen molar-refractivity contribution in [3.05, 3.63) is 41.6 Å². The molecule has 4 rings (SSSR count). The van der Waals surface area contributed by atoms with Crippen molar-refractivity contribution in [3.8, 4) is 0 Å². The molecule has 166 valence electrons. The van der Waals surface area contributed by atoms with Crippen LogP contribution in [0.4, 0.5) is 11.6 Å². The van der Waals surface area contributed by atoms with Gasteiger partial charge in [0.05, 0.1) is 18.5 Å². The third kappa shape index (κ3) is 3.99. The number of carbonyl (C=O) groups excluding carboxylic acids is 1. The third-order valence-electron chi connectivity index (χ3n) is 6.21. The number of para-hydroxylation sites is 1. The number of morpholine rings is 1. The molecule has 1 fully saturated rings. The average molecular weight is 442 g/mol. The monoisotopic (exact) mass is 441 g/mol. The highest BCUT2D eigenvalue weighted by molar-refractivity contribution is 8.00. The first-order chi connectivity index (χ1) is 14.8. The van der Waals surface area contributed by atoms with E-state index in [2.05, 4.69) is 63.5 Å². The van der Waals surface area contributed by atoms with Gasteiger partial charge in [0.2, 0.25) is 5.95 Å². The number of anilines is 2. The highest BCUT2D eigenvalue weighted by Gasteiger charge is 2.39. The summed E-state index contributed by atoms with van der Waals surface area (Å²) >= 11 is 1.48. The van der Waals surface area contributed by atoms with Crippen LogP contribution < -0.4 is 9.80 Å². The number of nitrogens with zero attached hydrogens (tertiary/aromatic N) is 5. The van der Waals surface area contributed by atoms with E-state index in [0.717, 1.165) is 42.1 Å². The van der Waals surface area contributed by atoms with E-state index in [1.165, 1.54) is 17.3 Å². The molecular formula is C23H31N5O2S. The van der Waals surface area contributed by atoms with Crippen LogP contribution in [0.2, 0.25) is 0 Å². The van der Waals surface area contributed by atoms with Crippen LogP contribution >= 0.6 is 11.8 Å². The predicted octanol–water partition coefficient (Wildman–Crippen LogP) is 3.50. The van der Waals surface area contributed by atoms with Gasteiger partial charge in [0.15, 0.2) is 10.9 Å². The molecule has 1 atom stereocenters. The first-order valence-electron chi connectivity index (χ1n) is 10.9. The van der Waals surface area contributed by atoms with Crippen LogP contribution in [-0.4, -0.2) is 59.1 Å². The van der Waals surface area contributed by atoms with Gasteiger partial charge in [-0.2, -0.15) is 0 Å². The molecule has 2 aliphatic heterocycles. The summed E-state index contributed by atoms with van der Waals surface area (Å²) in [6.45, 7) is 12.2. The number of ketones is 1. The lowest BCUT2D eigenvalue weighted by molar-refractivity contribution is -0.114. The summed E-state index contributed by atoms with van der Waals surface area (Å²) in [5, 5.41) is 9.34. The molecule has 0 saturated carbocycles. The van der Waals surface area contributed by atoms with Gasteiger partial charge in [-0.3, -0.25) is 9.36 Å². The topological polar surface area (TPSA) is 63.5 Å². The Hall–Kier alpha value is -2.32. The van der Waals surface area contributed by atoms with Gasteiger partial charge < -0.3 is 14.5 Å². The van der Waals surface area contributed by atoms with E-state index in [-0.39, 0.29) is 16.4 Å². The van der Waals surface area contributed by atoms with Crippen molar-refractivity contribution in [3.63, 3.8) is 0 Å². The number of aromatic nitrogens is 3. The molecule has 7 nitrogen and oxygen atoms in total. The second kappa shape index (κ2) is 8.67. The average Bonchev–Trinajstić information content (AvgIpc) is 3.26. The Morgan fingerprint density at radius 3 is 2.65 bits per heavy atom. The molecule has 3 heterocycles. The molecule has 31 heavy (non-hydrogen) atoms. The van der Waals surface area contributed by atoms with Gasteiger partial charge >= 0.3 is 0 Å². The molecule has 0 bridgehead atoms. The number of likely N-dealkylation sites (N-methyl/N-ethyl adjacent to an activating group) is 1. The van der Waals surface area contributed by atoms with E-state index in [4.69, 9.17) is 4.74 Å². The van der Waals surface area contributed by atoms with Crippen molar-refractivity contribution in [2.24, 2.45) is 0 Å². The Morgan fingerprint density at radius 2 is 1.97 bits per heavy atom. The van der Waals surface area contributed by atoms with Crippen molar-refractivity contribution in [2.75, 3.05) is 43.2 Å². The molecule has 0 N–H and O–H groups in total. The Morgan fingerprint density at radius 1 is 1.26 bits per heavy atom. The largest absolute Gasteiger partial charge is 0.378 e. The summed E-state index contributed by atoms with van der Waals surface area (Å²) in [5.41, 5.74) is 3.22. The molecule has 2 aromatic rings. The number of benzene rings is 1. The normalized spacial score (nSPS) is 20.2. The van der Waals surface area contributed by atoms with Gasteiger partial charge in [0, 0.05) is 49.6 Å². The standard InChI is InChI=1S/C23H31N5O2S/c1-6-28-21(27-11-13-30-14-12-27)24-25-22(28)31-16(2)19(29)15-20-23(3,4)17-9-7-8-10-18(17)26(20)5/h7-10,15-16H,6,11-14H2,1-5H3/b20-15+. The fourth-order valence-corrected chi connectivity index (χ4v) is 5.30. The molecule has 0 spiro atoms. The smallest absolute Gasteiger partial charge is 0.228 e. The maximum absolute atomic E-state index is 13.2. The highest BCUT2D eigenvalue weighted by Crippen LogP contribution is 2.46. The molecule has 1 unspecified atom stereocenters. The number of rotatable bonds is 6. The highest BCUT2D eigenvalue weighted by atomic mass is 32.2. The SMILES string of the molecule is CCn1c(SC(C)C(=O)/C=C2/N(C)c3ccccc3C2(C)C)nnc1N1CCOCC1. The molecule has 1 saturated heterocycles. The lowest BCUT2D eigenvalue weighted by atomic mass is 9.83. The number of hydrogen-bond donors (Lipinski definition) is 0. The first-order valence-corrected chi connectivity index (χ1v) is 11.7. The fraction of sp³-hybridized carbons (Fsp3) is 0.522. The van der Waals surface area contributed by atoms with E-state index in [1.54, 1.807) is 0 Å². The number of hydrogen-bond acceptors (Lipinski definition) is 7. The summed E-state index contributed by atoms with van der Waals surface area (Å²) < 4.78 is 7.54. The minimum absolute atomic E-state index is 0.0892. The van der Waals surface area contributed by atoms with Crippen molar-refractivity contribution < 1.29 is 9.53 Å². The fourth-order valence-electron chi connectivity index (χ4n) is 4.37. The molecule has 1 aromatic carbocycles. The minimum atomic E-state index is -0.257. The van der Waals surface area contributed by atoms with Crippen molar-refractivity contribution in [2.45, 2.75) is 50.1 Å². The van der Waals surface area contributed by atoms with Gasteiger partial charge in [-0.1, -0.05) is 43.8 Å². The zero-order chi connectivity index (χ0) is 22.2. The summed E-state index contributed by atoms with van der Waals surface area (Å²) in [7, 11) is 2.03. The number of fused-ring (bicyclic) bond motifs is 1. The summed E-state index contributed by atoms with van der Waals surface area (Å²) in [6, 6.07) is 8.35. The lowest BCUT2D eigenvalue weighted by Gasteiger charge is -2.27. The van der Waals surface area contributed by atoms with Crippen LogP contribution in [0.1, 0.15) is 33.3 Å². The van der Waals surface area contributed by atoms with Gasteiger partial charge in [0.1, 0.15) is 0 Å². The van der Waals surface area contributed by atoms with E-state index in [9.17, 15) is 4.79 Å². The number of thioether (sulfide) groups is 1. The van der Waals surface area contributed by atoms with Crippen LogP contribution in [0.5, 0.6) is 0 Å². The second-order valence-corrected chi connectivity index (χ2v) is 9.83. The van der Waals surface area contributed by atoms with E-state index in [1.807, 2.05) is 26.1 Å². The summed E-state index contributed by atoms with van der Waals surface area (Å²) in [5.74, 6) is 0.949. The van der Waals surface area contributed by atoms with Gasteiger partial charge in [-0.05, 0) is 25.5 Å². The second-order valence-electron chi connectivity index (χ2n) is 8.52. The Labute approximate surface area is 188 Å². The van der Waals surface area contributed by atoms with E-state index >= 15 is 0 Å². The van der Waals surface area contributed by atoms with Gasteiger partial charge in [-0.25, -0.2) is 0 Å². The maximum atomic E-state index is 13.2. The minimum Gasteiger partial charge on any atom is -0.378 e. The summed E-state index contributed by atoms with van der Waals surface area (Å²) in [4.78, 5) is 17.5. The Balaban J connectivity index is 1.53. The van der Waals surface area contributed by atoms with E-state index in [0.29, 0.717) is 13.2 Å².